The molecule has 0 spiro atoms. The van der Waals surface area contributed by atoms with E-state index in [0.717, 1.165) is 23.1 Å². The van der Waals surface area contributed by atoms with Gasteiger partial charge in [-0.2, -0.15) is 0 Å². The lowest BCUT2D eigenvalue weighted by Gasteiger charge is -1.95. The lowest BCUT2D eigenvalue weighted by atomic mass is 10.1. The third-order valence-corrected chi connectivity index (χ3v) is 2.84. The second kappa shape index (κ2) is 4.08. The molecule has 1 aromatic carbocycles. The van der Waals surface area contributed by atoms with Crippen molar-refractivity contribution in [3.63, 3.8) is 0 Å². The molecule has 0 radical (unpaired) electrons. The number of fused-ring (bicyclic) bond motifs is 1. The summed E-state index contributed by atoms with van der Waals surface area (Å²) in [7, 11) is 0. The Morgan fingerprint density at radius 1 is 1.50 bits per heavy atom. The van der Waals surface area contributed by atoms with Crippen molar-refractivity contribution in [3.8, 4) is 0 Å². The van der Waals surface area contributed by atoms with Gasteiger partial charge in [-0.3, -0.25) is 0 Å². The Labute approximate surface area is 97.4 Å². The van der Waals surface area contributed by atoms with Gasteiger partial charge in [0.2, 0.25) is 0 Å². The highest BCUT2D eigenvalue weighted by Crippen LogP contribution is 2.34. The number of benzene rings is 1. The molecule has 0 aliphatic carbocycles. The van der Waals surface area contributed by atoms with E-state index in [4.69, 9.17) is 21.5 Å². The first kappa shape index (κ1) is 10.9. The summed E-state index contributed by atoms with van der Waals surface area (Å²) in [5.74, 6) is 0.912. The zero-order chi connectivity index (χ0) is 11.7. The molecule has 2 aromatic rings. The Morgan fingerprint density at radius 2 is 2.25 bits per heavy atom. The fraction of sp³-hybridized carbons (Fsp3) is 0.273. The SMILES string of the molecule is CCc1oc2c(Cl)cc(N=[N+]=[N-])cc2c1C. The predicted octanol–water partition coefficient (Wildman–Crippen LogP) is 4.90. The average molecular weight is 236 g/mol. The quantitative estimate of drug-likeness (QED) is 0.415. The summed E-state index contributed by atoms with van der Waals surface area (Å²) in [6.45, 7) is 3.99. The number of hydrogen-bond acceptors (Lipinski definition) is 2. The van der Waals surface area contributed by atoms with Crippen molar-refractivity contribution < 1.29 is 4.42 Å². The van der Waals surface area contributed by atoms with Crippen LogP contribution in [0.5, 0.6) is 0 Å². The molecule has 0 amide bonds. The van der Waals surface area contributed by atoms with Gasteiger partial charge in [-0.1, -0.05) is 23.6 Å². The average Bonchev–Trinajstić information content (AvgIpc) is 2.57. The van der Waals surface area contributed by atoms with Crippen LogP contribution in [0.25, 0.3) is 21.4 Å². The highest BCUT2D eigenvalue weighted by atomic mass is 35.5. The zero-order valence-corrected chi connectivity index (χ0v) is 9.75. The molecule has 1 aromatic heterocycles. The van der Waals surface area contributed by atoms with Crippen molar-refractivity contribution in [2.24, 2.45) is 5.11 Å². The molecule has 0 fully saturated rings. The zero-order valence-electron chi connectivity index (χ0n) is 8.99. The Kier molecular flexibility index (Phi) is 2.77. The van der Waals surface area contributed by atoms with Crippen molar-refractivity contribution in [2.75, 3.05) is 0 Å². The maximum atomic E-state index is 8.40. The number of hydrogen-bond donors (Lipinski definition) is 0. The molecule has 16 heavy (non-hydrogen) atoms. The van der Waals surface area contributed by atoms with Crippen LogP contribution in [0.4, 0.5) is 5.69 Å². The number of furan rings is 1. The maximum Gasteiger partial charge on any atom is 0.153 e. The highest BCUT2D eigenvalue weighted by molar-refractivity contribution is 6.35. The van der Waals surface area contributed by atoms with Gasteiger partial charge in [0.15, 0.2) is 5.58 Å². The molecule has 0 aliphatic heterocycles. The maximum absolute atomic E-state index is 8.40. The van der Waals surface area contributed by atoms with Crippen LogP contribution >= 0.6 is 11.6 Å². The molecule has 2 rings (SSSR count). The Bertz CT molecular complexity index is 597. The van der Waals surface area contributed by atoms with Crippen LogP contribution in [-0.4, -0.2) is 0 Å². The molecule has 5 heteroatoms. The van der Waals surface area contributed by atoms with E-state index in [1.807, 2.05) is 13.8 Å². The highest BCUT2D eigenvalue weighted by Gasteiger charge is 2.12. The van der Waals surface area contributed by atoms with Crippen molar-refractivity contribution in [3.05, 3.63) is 38.9 Å². The Morgan fingerprint density at radius 3 is 2.88 bits per heavy atom. The Balaban J connectivity index is 2.79. The summed E-state index contributed by atoms with van der Waals surface area (Å²) in [6.07, 6.45) is 0.813. The number of rotatable bonds is 2. The molecule has 0 atom stereocenters. The molecule has 0 unspecified atom stereocenters. The molecule has 0 saturated heterocycles. The van der Waals surface area contributed by atoms with Gasteiger partial charge in [0.1, 0.15) is 5.76 Å². The van der Waals surface area contributed by atoms with E-state index in [2.05, 4.69) is 10.0 Å². The smallest absolute Gasteiger partial charge is 0.153 e. The summed E-state index contributed by atoms with van der Waals surface area (Å²) in [6, 6.07) is 3.39. The van der Waals surface area contributed by atoms with Crippen LogP contribution in [0.3, 0.4) is 0 Å². The van der Waals surface area contributed by atoms with Crippen LogP contribution < -0.4 is 0 Å². The van der Waals surface area contributed by atoms with E-state index < -0.39 is 0 Å². The summed E-state index contributed by atoms with van der Waals surface area (Å²) in [5, 5.41) is 4.93. The molecular formula is C11H10ClN3O. The second-order valence-electron chi connectivity index (χ2n) is 3.50. The van der Waals surface area contributed by atoms with E-state index in [-0.39, 0.29) is 0 Å². The van der Waals surface area contributed by atoms with Crippen molar-refractivity contribution >= 4 is 28.3 Å². The first-order valence-electron chi connectivity index (χ1n) is 4.94. The van der Waals surface area contributed by atoms with E-state index in [1.54, 1.807) is 12.1 Å². The molecule has 0 saturated carbocycles. The monoisotopic (exact) mass is 235 g/mol. The van der Waals surface area contributed by atoms with E-state index in [9.17, 15) is 0 Å². The third kappa shape index (κ3) is 1.62. The van der Waals surface area contributed by atoms with Gasteiger partial charge in [0.05, 0.1) is 5.02 Å². The first-order valence-corrected chi connectivity index (χ1v) is 5.31. The summed E-state index contributed by atoms with van der Waals surface area (Å²) < 4.78 is 5.65. The van der Waals surface area contributed by atoms with E-state index in [1.165, 1.54) is 0 Å². The van der Waals surface area contributed by atoms with Gasteiger partial charge in [-0.15, -0.1) is 0 Å². The van der Waals surface area contributed by atoms with Crippen LogP contribution in [0.15, 0.2) is 21.7 Å². The number of nitrogens with zero attached hydrogens (tertiary/aromatic N) is 3. The van der Waals surface area contributed by atoms with Gasteiger partial charge in [-0.05, 0) is 30.2 Å². The summed E-state index contributed by atoms with van der Waals surface area (Å²) in [4.78, 5) is 2.75. The van der Waals surface area contributed by atoms with Gasteiger partial charge < -0.3 is 4.42 Å². The number of azide groups is 1. The lowest BCUT2D eigenvalue weighted by molar-refractivity contribution is 0.553. The largest absolute Gasteiger partial charge is 0.459 e. The third-order valence-electron chi connectivity index (χ3n) is 2.56. The lowest BCUT2D eigenvalue weighted by Crippen LogP contribution is -1.77. The van der Waals surface area contributed by atoms with Gasteiger partial charge in [-0.25, -0.2) is 0 Å². The fourth-order valence-corrected chi connectivity index (χ4v) is 2.01. The minimum absolute atomic E-state index is 0.475. The Hall–Kier alpha value is -1.64. The van der Waals surface area contributed by atoms with Crippen LogP contribution in [0.1, 0.15) is 18.2 Å². The van der Waals surface area contributed by atoms with Gasteiger partial charge in [0, 0.05) is 22.4 Å². The number of aryl methyl sites for hydroxylation is 2. The van der Waals surface area contributed by atoms with Crippen molar-refractivity contribution in [1.82, 2.24) is 0 Å². The molecule has 1 heterocycles. The van der Waals surface area contributed by atoms with E-state index >= 15 is 0 Å². The minimum atomic E-state index is 0.475. The summed E-state index contributed by atoms with van der Waals surface area (Å²) in [5.41, 5.74) is 10.6. The van der Waals surface area contributed by atoms with E-state index in [0.29, 0.717) is 16.3 Å². The number of halogens is 1. The van der Waals surface area contributed by atoms with Gasteiger partial charge in [0.25, 0.3) is 0 Å². The van der Waals surface area contributed by atoms with Crippen LogP contribution in [0, 0.1) is 6.92 Å². The second-order valence-corrected chi connectivity index (χ2v) is 3.90. The normalized spacial score (nSPS) is 10.4. The summed E-state index contributed by atoms with van der Waals surface area (Å²) >= 11 is 6.06. The molecular weight excluding hydrogens is 226 g/mol. The molecule has 0 N–H and O–H groups in total. The topological polar surface area (TPSA) is 61.9 Å². The minimum Gasteiger partial charge on any atom is -0.459 e. The molecule has 0 aliphatic rings. The van der Waals surface area contributed by atoms with Crippen LogP contribution in [0.2, 0.25) is 5.02 Å². The fourth-order valence-electron chi connectivity index (χ4n) is 1.76. The molecule has 82 valence electrons. The first-order chi connectivity index (χ1) is 7.67. The molecule has 0 bridgehead atoms. The van der Waals surface area contributed by atoms with Crippen molar-refractivity contribution in [1.29, 1.82) is 0 Å². The molecule has 4 nitrogen and oxygen atoms in total. The van der Waals surface area contributed by atoms with Crippen molar-refractivity contribution in [2.45, 2.75) is 20.3 Å². The van der Waals surface area contributed by atoms with Crippen LogP contribution in [-0.2, 0) is 6.42 Å². The standard InChI is InChI=1S/C11H10ClN3O/c1-3-10-6(2)8-4-7(14-15-13)5-9(12)11(8)16-10/h4-5H,3H2,1-2H3. The van der Waals surface area contributed by atoms with Gasteiger partial charge >= 0.3 is 0 Å². The predicted molar refractivity (Wildman–Crippen MR) is 64.1 cm³/mol.